The zero-order chi connectivity index (χ0) is 13.3. The average molecular weight is 249 g/mol. The minimum atomic E-state index is -0.263. The van der Waals surface area contributed by atoms with Gasteiger partial charge in [0.15, 0.2) is 5.82 Å². The third kappa shape index (κ3) is 2.12. The van der Waals surface area contributed by atoms with Gasteiger partial charge in [-0.25, -0.2) is 9.37 Å². The molecule has 1 heterocycles. The lowest BCUT2D eigenvalue weighted by Crippen LogP contribution is -2.25. The fourth-order valence-corrected chi connectivity index (χ4v) is 2.17. The van der Waals surface area contributed by atoms with E-state index in [1.54, 1.807) is 6.07 Å². The number of halogens is 1. The molecule has 2 N–H and O–H groups in total. The zero-order valence-electron chi connectivity index (χ0n) is 11.2. The second-order valence-corrected chi connectivity index (χ2v) is 4.88. The number of benzene rings is 1. The molecule has 1 aromatic heterocycles. The van der Waals surface area contributed by atoms with Crippen LogP contribution < -0.4 is 5.73 Å². The lowest BCUT2D eigenvalue weighted by atomic mass is 10.0. The first-order valence-electron chi connectivity index (χ1n) is 6.46. The number of nitrogens with zero attached hydrogens (tertiary/aromatic N) is 2. The fraction of sp³-hybridized carbons (Fsp3) is 0.500. The van der Waals surface area contributed by atoms with E-state index < -0.39 is 0 Å². The van der Waals surface area contributed by atoms with Gasteiger partial charge in [-0.15, -0.1) is 0 Å². The van der Waals surface area contributed by atoms with Crippen LogP contribution in [0, 0.1) is 5.82 Å². The third-order valence-electron chi connectivity index (χ3n) is 3.40. The molecule has 0 aliphatic heterocycles. The smallest absolute Gasteiger partial charge is 0.151 e. The van der Waals surface area contributed by atoms with Crippen LogP contribution in [0.25, 0.3) is 11.0 Å². The summed E-state index contributed by atoms with van der Waals surface area (Å²) in [6.07, 6.45) is 0.987. The first-order chi connectivity index (χ1) is 8.56. The van der Waals surface area contributed by atoms with Gasteiger partial charge in [0.25, 0.3) is 0 Å². The van der Waals surface area contributed by atoms with E-state index in [-0.39, 0.29) is 17.8 Å². The van der Waals surface area contributed by atoms with Crippen molar-refractivity contribution >= 4 is 11.0 Å². The molecule has 98 valence electrons. The minimum absolute atomic E-state index is 0.000444. The van der Waals surface area contributed by atoms with Gasteiger partial charge in [0.2, 0.25) is 0 Å². The number of hydrogen-bond donors (Lipinski definition) is 1. The summed E-state index contributed by atoms with van der Waals surface area (Å²) in [6.45, 7) is 6.93. The Morgan fingerprint density at radius 1 is 1.39 bits per heavy atom. The van der Waals surface area contributed by atoms with Crippen LogP contribution in [0.1, 0.15) is 38.9 Å². The summed E-state index contributed by atoms with van der Waals surface area (Å²) < 4.78 is 15.9. The highest BCUT2D eigenvalue weighted by Crippen LogP contribution is 2.25. The predicted octanol–water partition coefficient (Wildman–Crippen LogP) is 3.04. The summed E-state index contributed by atoms with van der Waals surface area (Å²) in [5.41, 5.74) is 7.26. The molecule has 4 heteroatoms. The summed E-state index contributed by atoms with van der Waals surface area (Å²) in [5, 5.41) is 0. The van der Waals surface area contributed by atoms with Crippen molar-refractivity contribution in [1.29, 1.82) is 0 Å². The number of nitrogens with two attached hydrogens (primary N) is 1. The summed E-state index contributed by atoms with van der Waals surface area (Å²) >= 11 is 0. The highest BCUT2D eigenvalue weighted by molar-refractivity contribution is 5.76. The normalized spacial score (nSPS) is 14.9. The monoisotopic (exact) mass is 249 g/mol. The predicted molar refractivity (Wildman–Crippen MR) is 72.0 cm³/mol. The molecular formula is C14H20FN3. The van der Waals surface area contributed by atoms with E-state index in [1.165, 1.54) is 6.07 Å². The second kappa shape index (κ2) is 5.06. The quantitative estimate of drug-likeness (QED) is 0.905. The molecule has 2 rings (SSSR count). The molecule has 18 heavy (non-hydrogen) atoms. The number of rotatable bonds is 4. The van der Waals surface area contributed by atoms with Gasteiger partial charge < -0.3 is 10.3 Å². The second-order valence-electron chi connectivity index (χ2n) is 4.88. The van der Waals surface area contributed by atoms with Crippen LogP contribution in [0.2, 0.25) is 0 Å². The maximum atomic E-state index is 13.8. The first kappa shape index (κ1) is 13.0. The first-order valence-corrected chi connectivity index (χ1v) is 6.46. The SMILES string of the molecule is CCCn1c(C(C)C(C)N)nc2c(F)cccc21. The van der Waals surface area contributed by atoms with Crippen molar-refractivity contribution in [3.05, 3.63) is 29.8 Å². The number of fused-ring (bicyclic) bond motifs is 1. The lowest BCUT2D eigenvalue weighted by Gasteiger charge is -2.17. The van der Waals surface area contributed by atoms with Crippen molar-refractivity contribution in [2.45, 2.75) is 45.7 Å². The Bertz CT molecular complexity index is 545. The molecule has 0 spiro atoms. The molecule has 0 amide bonds. The van der Waals surface area contributed by atoms with Gasteiger partial charge in [-0.3, -0.25) is 0 Å². The molecule has 0 aliphatic rings. The van der Waals surface area contributed by atoms with Crippen LogP contribution in [-0.2, 0) is 6.54 Å². The Labute approximate surface area is 107 Å². The average Bonchev–Trinajstić information content (AvgIpc) is 2.69. The Morgan fingerprint density at radius 2 is 2.11 bits per heavy atom. The number of imidazole rings is 1. The van der Waals surface area contributed by atoms with Crippen LogP contribution in [0.4, 0.5) is 4.39 Å². The van der Waals surface area contributed by atoms with Gasteiger partial charge in [-0.1, -0.05) is 19.9 Å². The van der Waals surface area contributed by atoms with E-state index in [4.69, 9.17) is 5.73 Å². The summed E-state index contributed by atoms with van der Waals surface area (Å²) in [7, 11) is 0. The maximum absolute atomic E-state index is 13.8. The molecule has 1 aromatic carbocycles. The molecule has 0 saturated carbocycles. The van der Waals surface area contributed by atoms with Crippen molar-refractivity contribution in [2.24, 2.45) is 5.73 Å². The Kier molecular flexibility index (Phi) is 3.66. The number of aryl methyl sites for hydroxylation is 1. The number of hydrogen-bond acceptors (Lipinski definition) is 2. The standard InChI is InChI=1S/C14H20FN3/c1-4-8-18-12-7-5-6-11(15)13(12)17-14(18)9(2)10(3)16/h5-7,9-10H,4,8,16H2,1-3H3. The molecule has 0 saturated heterocycles. The fourth-order valence-electron chi connectivity index (χ4n) is 2.17. The third-order valence-corrected chi connectivity index (χ3v) is 3.40. The van der Waals surface area contributed by atoms with Crippen molar-refractivity contribution in [3.8, 4) is 0 Å². The lowest BCUT2D eigenvalue weighted by molar-refractivity contribution is 0.539. The Morgan fingerprint density at radius 3 is 2.72 bits per heavy atom. The molecule has 0 aliphatic carbocycles. The van der Waals surface area contributed by atoms with E-state index >= 15 is 0 Å². The molecular weight excluding hydrogens is 229 g/mol. The Balaban J connectivity index is 2.64. The molecule has 0 fully saturated rings. The number of para-hydroxylation sites is 1. The zero-order valence-corrected chi connectivity index (χ0v) is 11.2. The van der Waals surface area contributed by atoms with Gasteiger partial charge in [0, 0.05) is 18.5 Å². The largest absolute Gasteiger partial charge is 0.328 e. The molecule has 3 nitrogen and oxygen atoms in total. The number of aromatic nitrogens is 2. The van der Waals surface area contributed by atoms with Crippen LogP contribution in [0.3, 0.4) is 0 Å². The van der Waals surface area contributed by atoms with E-state index in [2.05, 4.69) is 16.5 Å². The van der Waals surface area contributed by atoms with Gasteiger partial charge in [0.1, 0.15) is 11.3 Å². The van der Waals surface area contributed by atoms with Crippen LogP contribution in [0.5, 0.6) is 0 Å². The summed E-state index contributed by atoms with van der Waals surface area (Å²) in [6, 6.07) is 5.09. The van der Waals surface area contributed by atoms with Gasteiger partial charge in [-0.2, -0.15) is 0 Å². The molecule has 0 radical (unpaired) electrons. The minimum Gasteiger partial charge on any atom is -0.328 e. The van der Waals surface area contributed by atoms with Crippen LogP contribution in [0.15, 0.2) is 18.2 Å². The summed E-state index contributed by atoms with van der Waals surface area (Å²) in [5.74, 6) is 0.732. The van der Waals surface area contributed by atoms with Gasteiger partial charge >= 0.3 is 0 Å². The van der Waals surface area contributed by atoms with Gasteiger partial charge in [0.05, 0.1) is 5.52 Å². The molecule has 2 aromatic rings. The van der Waals surface area contributed by atoms with Crippen molar-refractivity contribution in [2.75, 3.05) is 0 Å². The highest BCUT2D eigenvalue weighted by Gasteiger charge is 2.20. The van der Waals surface area contributed by atoms with Crippen molar-refractivity contribution < 1.29 is 4.39 Å². The van der Waals surface area contributed by atoms with Crippen LogP contribution in [-0.4, -0.2) is 15.6 Å². The van der Waals surface area contributed by atoms with Crippen LogP contribution >= 0.6 is 0 Å². The van der Waals surface area contributed by atoms with E-state index in [0.717, 1.165) is 24.3 Å². The van der Waals surface area contributed by atoms with E-state index in [1.807, 2.05) is 19.9 Å². The molecule has 2 atom stereocenters. The Hall–Kier alpha value is -1.42. The maximum Gasteiger partial charge on any atom is 0.151 e. The van der Waals surface area contributed by atoms with E-state index in [9.17, 15) is 4.39 Å². The molecule has 0 bridgehead atoms. The molecule has 2 unspecified atom stereocenters. The van der Waals surface area contributed by atoms with Crippen molar-refractivity contribution in [1.82, 2.24) is 9.55 Å². The van der Waals surface area contributed by atoms with E-state index in [0.29, 0.717) is 5.52 Å². The van der Waals surface area contributed by atoms with Gasteiger partial charge in [-0.05, 0) is 25.5 Å². The highest BCUT2D eigenvalue weighted by atomic mass is 19.1. The topological polar surface area (TPSA) is 43.8 Å². The van der Waals surface area contributed by atoms with Crippen molar-refractivity contribution in [3.63, 3.8) is 0 Å². The summed E-state index contributed by atoms with van der Waals surface area (Å²) in [4.78, 5) is 4.46.